The third-order valence-corrected chi connectivity index (χ3v) is 15.1. The number of aliphatic hydroxyl groups excluding tert-OH is 4. The molecule has 0 saturated carbocycles. The summed E-state index contributed by atoms with van der Waals surface area (Å²) >= 11 is 0. The van der Waals surface area contributed by atoms with Crippen molar-refractivity contribution in [1.29, 1.82) is 0 Å². The molecule has 1 rings (SSSR count). The quantitative estimate of drug-likeness (QED) is 0.0251. The third kappa shape index (κ3) is 39.5. The molecule has 1 amide bonds. The molecule has 1 aliphatic heterocycles. The monoisotopic (exact) mass is 1020 g/mol. The van der Waals surface area contributed by atoms with E-state index < -0.39 is 59.9 Å². The second kappa shape index (κ2) is 47.8. The summed E-state index contributed by atoms with van der Waals surface area (Å²) < 4.78 is 47.8. The molecule has 6 N–H and O–H groups in total. The number of ether oxygens (including phenoxy) is 2. The predicted octanol–water partition coefficient (Wildman–Crippen LogP) is 14.1. The van der Waals surface area contributed by atoms with Crippen LogP contribution in [0.2, 0.25) is 0 Å². The topological polar surface area (TPSA) is 192 Å². The molecule has 7 unspecified atom stereocenters. The molecule has 418 valence electrons. The van der Waals surface area contributed by atoms with Crippen molar-refractivity contribution in [2.24, 2.45) is 0 Å². The fraction of sp³-hybridized carbons (Fsp3) is 0.982. The molecule has 13 heteroatoms. The first-order valence-electron chi connectivity index (χ1n) is 29.9. The minimum atomic E-state index is -5.07. The van der Waals surface area contributed by atoms with Gasteiger partial charge in [0, 0.05) is 6.42 Å². The zero-order valence-electron chi connectivity index (χ0n) is 45.4. The minimum Gasteiger partial charge on any atom is -0.394 e. The summed E-state index contributed by atoms with van der Waals surface area (Å²) in [5.74, 6) is -0.224. The standard InChI is InChI=1S/C57H113NO11S/c1-3-5-7-9-11-13-15-16-17-18-19-20-21-22-23-24-25-26-27-28-29-30-31-32-33-34-35-37-39-41-43-45-47-53(61)58-50(51(60)46-44-42-40-38-36-14-12-10-8-6-4-2)49-67-57-55(63)56(69-70(64,65)66)54(62)52(48-59)68-57/h50-52,54-57,59-60,62-63H,3-49H2,1-2H3,(H,58,61)(H,64,65,66). The van der Waals surface area contributed by atoms with Crippen LogP contribution in [0.3, 0.4) is 0 Å². The van der Waals surface area contributed by atoms with Crippen LogP contribution in [0.5, 0.6) is 0 Å². The Kier molecular flexibility index (Phi) is 45.8. The lowest BCUT2D eigenvalue weighted by molar-refractivity contribution is -0.298. The van der Waals surface area contributed by atoms with Crippen LogP contribution in [0.4, 0.5) is 0 Å². The molecule has 0 aromatic carbocycles. The highest BCUT2D eigenvalue weighted by atomic mass is 32.3. The van der Waals surface area contributed by atoms with E-state index in [4.69, 9.17) is 9.47 Å². The van der Waals surface area contributed by atoms with Gasteiger partial charge in [-0.1, -0.05) is 284 Å². The molecule has 0 aliphatic carbocycles. The van der Waals surface area contributed by atoms with Crippen LogP contribution in [0.25, 0.3) is 0 Å². The second-order valence-electron chi connectivity index (χ2n) is 21.3. The fourth-order valence-corrected chi connectivity index (χ4v) is 10.6. The van der Waals surface area contributed by atoms with Gasteiger partial charge in [-0.2, -0.15) is 8.42 Å². The lowest BCUT2D eigenvalue weighted by atomic mass is 9.99. The van der Waals surface area contributed by atoms with Gasteiger partial charge in [-0.15, -0.1) is 0 Å². The van der Waals surface area contributed by atoms with Gasteiger partial charge in [-0.05, 0) is 12.8 Å². The van der Waals surface area contributed by atoms with E-state index >= 15 is 0 Å². The molecule has 0 radical (unpaired) electrons. The van der Waals surface area contributed by atoms with E-state index in [2.05, 4.69) is 23.3 Å². The number of rotatable bonds is 53. The third-order valence-electron chi connectivity index (χ3n) is 14.7. The molecule has 1 saturated heterocycles. The first kappa shape index (κ1) is 67.1. The number of aliphatic hydroxyl groups is 4. The van der Waals surface area contributed by atoms with Crippen molar-refractivity contribution < 1.29 is 51.8 Å². The summed E-state index contributed by atoms with van der Waals surface area (Å²) in [5, 5.41) is 45.0. The Bertz CT molecular complexity index is 1240. The molecular weight excluding hydrogens is 907 g/mol. The van der Waals surface area contributed by atoms with Crippen LogP contribution in [0.1, 0.15) is 303 Å². The van der Waals surface area contributed by atoms with E-state index in [1.165, 1.54) is 225 Å². The number of nitrogens with one attached hydrogen (secondary N) is 1. The first-order chi connectivity index (χ1) is 34.0. The SMILES string of the molecule is CCCCCCCCCCCCCCCCCCCCCCCCCCCCCCCCCCC(=O)NC(COC1OC(CO)C(O)C(OS(=O)(=O)O)C1O)C(O)CCCCCCCCCCCCC. The molecule has 12 nitrogen and oxygen atoms in total. The van der Waals surface area contributed by atoms with Gasteiger partial charge in [0.1, 0.15) is 24.4 Å². The Balaban J connectivity index is 2.17. The highest BCUT2D eigenvalue weighted by molar-refractivity contribution is 7.80. The summed E-state index contributed by atoms with van der Waals surface area (Å²) in [6.45, 7) is 3.48. The van der Waals surface area contributed by atoms with Gasteiger partial charge >= 0.3 is 10.4 Å². The van der Waals surface area contributed by atoms with Gasteiger partial charge in [0.25, 0.3) is 0 Å². The smallest absolute Gasteiger partial charge is 0.394 e. The van der Waals surface area contributed by atoms with Crippen molar-refractivity contribution in [2.75, 3.05) is 13.2 Å². The Hall–Kier alpha value is -0.900. The summed E-state index contributed by atoms with van der Waals surface area (Å²) in [4.78, 5) is 13.1. The predicted molar refractivity (Wildman–Crippen MR) is 287 cm³/mol. The zero-order valence-corrected chi connectivity index (χ0v) is 46.2. The molecular formula is C57H113NO11S. The molecule has 7 atom stereocenters. The number of hydrogen-bond donors (Lipinski definition) is 6. The van der Waals surface area contributed by atoms with Crippen LogP contribution in [0.15, 0.2) is 0 Å². The molecule has 1 aliphatic rings. The Labute approximate surface area is 430 Å². The Morgan fingerprint density at radius 2 is 0.829 bits per heavy atom. The maximum absolute atomic E-state index is 13.1. The average molecular weight is 1020 g/mol. The number of carbonyl (C=O) groups excluding carboxylic acids is 1. The lowest BCUT2D eigenvalue weighted by Crippen LogP contribution is -2.61. The van der Waals surface area contributed by atoms with Gasteiger partial charge in [0.05, 0.1) is 25.4 Å². The van der Waals surface area contributed by atoms with E-state index in [1.54, 1.807) is 0 Å². The molecule has 0 aromatic rings. The summed E-state index contributed by atoms with van der Waals surface area (Å²) in [7, 11) is -5.07. The van der Waals surface area contributed by atoms with Gasteiger partial charge in [-0.3, -0.25) is 9.35 Å². The van der Waals surface area contributed by atoms with Crippen molar-refractivity contribution in [3.63, 3.8) is 0 Å². The van der Waals surface area contributed by atoms with E-state index in [9.17, 15) is 38.2 Å². The Morgan fingerprint density at radius 3 is 1.14 bits per heavy atom. The van der Waals surface area contributed by atoms with Crippen molar-refractivity contribution in [3.05, 3.63) is 0 Å². The minimum absolute atomic E-state index is 0.224. The fourth-order valence-electron chi connectivity index (χ4n) is 10.1. The molecule has 70 heavy (non-hydrogen) atoms. The normalized spacial score (nSPS) is 19.4. The maximum atomic E-state index is 13.1. The van der Waals surface area contributed by atoms with Crippen LogP contribution < -0.4 is 5.32 Å². The second-order valence-corrected chi connectivity index (χ2v) is 22.4. The molecule has 0 bridgehead atoms. The van der Waals surface area contributed by atoms with Gasteiger partial charge in [-0.25, -0.2) is 4.18 Å². The van der Waals surface area contributed by atoms with Crippen molar-refractivity contribution >= 4 is 16.3 Å². The number of hydrogen-bond acceptors (Lipinski definition) is 10. The van der Waals surface area contributed by atoms with Crippen molar-refractivity contribution in [2.45, 2.75) is 346 Å². The molecule has 1 fully saturated rings. The number of unbranched alkanes of at least 4 members (excludes halogenated alkanes) is 41. The lowest BCUT2D eigenvalue weighted by Gasteiger charge is -2.41. The first-order valence-corrected chi connectivity index (χ1v) is 31.3. The zero-order chi connectivity index (χ0) is 51.2. The summed E-state index contributed by atoms with van der Waals surface area (Å²) in [6.07, 6.45) is 47.2. The largest absolute Gasteiger partial charge is 0.397 e. The van der Waals surface area contributed by atoms with E-state index in [0.717, 1.165) is 51.4 Å². The van der Waals surface area contributed by atoms with Gasteiger partial charge in [0.2, 0.25) is 5.91 Å². The molecule has 1 heterocycles. The number of carbonyl (C=O) groups is 1. The van der Waals surface area contributed by atoms with E-state index in [-0.39, 0.29) is 12.5 Å². The van der Waals surface area contributed by atoms with Crippen LogP contribution in [-0.2, 0) is 28.9 Å². The molecule has 0 spiro atoms. The van der Waals surface area contributed by atoms with E-state index in [1.807, 2.05) is 0 Å². The average Bonchev–Trinajstić information content (AvgIpc) is 3.33. The van der Waals surface area contributed by atoms with Crippen LogP contribution >= 0.6 is 0 Å². The number of amides is 1. The van der Waals surface area contributed by atoms with Gasteiger partial charge < -0.3 is 35.2 Å². The summed E-state index contributed by atoms with van der Waals surface area (Å²) in [6, 6.07) is -0.852. The van der Waals surface area contributed by atoms with Crippen LogP contribution in [0, 0.1) is 0 Å². The maximum Gasteiger partial charge on any atom is 0.397 e. The highest BCUT2D eigenvalue weighted by Crippen LogP contribution is 2.26. The Morgan fingerprint density at radius 1 is 0.514 bits per heavy atom. The van der Waals surface area contributed by atoms with Gasteiger partial charge in [0.15, 0.2) is 6.29 Å². The van der Waals surface area contributed by atoms with Crippen LogP contribution in [-0.4, -0.2) is 95.4 Å². The van der Waals surface area contributed by atoms with E-state index in [0.29, 0.717) is 12.8 Å². The summed E-state index contributed by atoms with van der Waals surface area (Å²) in [5.41, 5.74) is 0. The molecule has 0 aromatic heterocycles. The highest BCUT2D eigenvalue weighted by Gasteiger charge is 2.48. The van der Waals surface area contributed by atoms with Crippen molar-refractivity contribution in [1.82, 2.24) is 5.32 Å². The van der Waals surface area contributed by atoms with Crippen molar-refractivity contribution in [3.8, 4) is 0 Å².